The van der Waals surface area contributed by atoms with Gasteiger partial charge in [0.1, 0.15) is 5.92 Å². The third kappa shape index (κ3) is 3.69. The van der Waals surface area contributed by atoms with Crippen LogP contribution in [0.15, 0.2) is 66.7 Å². The normalized spacial score (nSPS) is 12.0. The molecule has 0 fully saturated rings. The van der Waals surface area contributed by atoms with Gasteiger partial charge in [-0.2, -0.15) is 5.21 Å². The lowest BCUT2D eigenvalue weighted by atomic mass is 9.96. The standard InChI is InChI=1S/C21H19N5O/c1-14-6-4-7-15(12-14)13-18(20-23-25-26-24-20)21(27)22-19-11-5-9-16-8-2-3-10-17(16)19/h2-12,18H,13H2,1H3,(H,22,27)(H,23,24,25,26). The third-order valence-corrected chi connectivity index (χ3v) is 4.56. The highest BCUT2D eigenvalue weighted by atomic mass is 16.1. The SMILES string of the molecule is Cc1cccc(CC(C(=O)Nc2cccc3ccccc23)c2nn[nH]n2)c1. The molecule has 1 unspecified atom stereocenters. The Hall–Kier alpha value is -3.54. The fraction of sp³-hybridized carbons (Fsp3) is 0.143. The molecule has 0 aliphatic rings. The van der Waals surface area contributed by atoms with Gasteiger partial charge < -0.3 is 5.32 Å². The van der Waals surface area contributed by atoms with Crippen LogP contribution in [0, 0.1) is 6.92 Å². The summed E-state index contributed by atoms with van der Waals surface area (Å²) in [6.07, 6.45) is 0.498. The molecular formula is C21H19N5O. The van der Waals surface area contributed by atoms with Crippen molar-refractivity contribution in [3.8, 4) is 0 Å². The summed E-state index contributed by atoms with van der Waals surface area (Å²) in [6.45, 7) is 2.03. The van der Waals surface area contributed by atoms with Crippen LogP contribution in [0.1, 0.15) is 22.9 Å². The summed E-state index contributed by atoms with van der Waals surface area (Å²) in [5.74, 6) is -0.312. The zero-order chi connectivity index (χ0) is 18.6. The molecule has 0 spiro atoms. The zero-order valence-corrected chi connectivity index (χ0v) is 14.9. The third-order valence-electron chi connectivity index (χ3n) is 4.56. The molecule has 0 radical (unpaired) electrons. The fourth-order valence-electron chi connectivity index (χ4n) is 3.25. The molecule has 27 heavy (non-hydrogen) atoms. The molecule has 0 saturated carbocycles. The zero-order valence-electron chi connectivity index (χ0n) is 14.9. The van der Waals surface area contributed by atoms with Crippen molar-refractivity contribution in [1.82, 2.24) is 20.6 Å². The Bertz CT molecular complexity index is 1070. The number of anilines is 1. The van der Waals surface area contributed by atoms with Gasteiger partial charge in [-0.15, -0.1) is 10.2 Å². The minimum absolute atomic E-state index is 0.158. The van der Waals surface area contributed by atoms with Crippen LogP contribution in [0.3, 0.4) is 0 Å². The fourth-order valence-corrected chi connectivity index (χ4v) is 3.25. The first-order valence-corrected chi connectivity index (χ1v) is 8.78. The van der Waals surface area contributed by atoms with Crippen molar-refractivity contribution in [1.29, 1.82) is 0 Å². The smallest absolute Gasteiger partial charge is 0.235 e. The highest BCUT2D eigenvalue weighted by molar-refractivity contribution is 6.04. The van der Waals surface area contributed by atoms with E-state index in [1.807, 2.05) is 67.6 Å². The van der Waals surface area contributed by atoms with Crippen LogP contribution in [0.4, 0.5) is 5.69 Å². The molecule has 1 atom stereocenters. The molecule has 134 valence electrons. The van der Waals surface area contributed by atoms with Crippen molar-refractivity contribution in [3.63, 3.8) is 0 Å². The van der Waals surface area contributed by atoms with Gasteiger partial charge in [0.2, 0.25) is 5.91 Å². The molecular weight excluding hydrogens is 338 g/mol. The van der Waals surface area contributed by atoms with E-state index >= 15 is 0 Å². The molecule has 2 N–H and O–H groups in total. The van der Waals surface area contributed by atoms with E-state index in [9.17, 15) is 4.79 Å². The maximum absolute atomic E-state index is 13.1. The molecule has 0 saturated heterocycles. The topological polar surface area (TPSA) is 83.6 Å². The first-order valence-electron chi connectivity index (χ1n) is 8.78. The van der Waals surface area contributed by atoms with Gasteiger partial charge in [-0.3, -0.25) is 4.79 Å². The van der Waals surface area contributed by atoms with Crippen molar-refractivity contribution in [2.45, 2.75) is 19.3 Å². The van der Waals surface area contributed by atoms with Crippen molar-refractivity contribution < 1.29 is 4.79 Å². The molecule has 6 heteroatoms. The van der Waals surface area contributed by atoms with E-state index in [1.54, 1.807) is 0 Å². The second-order valence-electron chi connectivity index (χ2n) is 6.53. The molecule has 0 aliphatic carbocycles. The van der Waals surface area contributed by atoms with Crippen molar-refractivity contribution in [2.24, 2.45) is 0 Å². The number of carbonyl (C=O) groups excluding carboxylic acids is 1. The Morgan fingerprint density at radius 2 is 1.89 bits per heavy atom. The number of hydrogen-bond acceptors (Lipinski definition) is 4. The summed E-state index contributed by atoms with van der Waals surface area (Å²) in [5, 5.41) is 19.3. The molecule has 0 bridgehead atoms. The van der Waals surface area contributed by atoms with Gasteiger partial charge in [-0.25, -0.2) is 0 Å². The number of tetrazole rings is 1. The van der Waals surface area contributed by atoms with Gasteiger partial charge in [-0.1, -0.05) is 71.4 Å². The quantitative estimate of drug-likeness (QED) is 0.571. The summed E-state index contributed by atoms with van der Waals surface area (Å²) >= 11 is 0. The number of benzene rings is 3. The van der Waals surface area contributed by atoms with E-state index in [1.165, 1.54) is 0 Å². The number of nitrogens with one attached hydrogen (secondary N) is 2. The van der Waals surface area contributed by atoms with Gasteiger partial charge in [0.25, 0.3) is 0 Å². The van der Waals surface area contributed by atoms with Gasteiger partial charge in [0, 0.05) is 11.1 Å². The average molecular weight is 357 g/mol. The van der Waals surface area contributed by atoms with Crippen LogP contribution in [0.25, 0.3) is 10.8 Å². The van der Waals surface area contributed by atoms with Gasteiger partial charge in [0.15, 0.2) is 5.82 Å². The van der Waals surface area contributed by atoms with E-state index in [2.05, 4.69) is 32.0 Å². The van der Waals surface area contributed by atoms with Crippen LogP contribution < -0.4 is 5.32 Å². The number of aromatic nitrogens is 4. The van der Waals surface area contributed by atoms with E-state index in [-0.39, 0.29) is 5.91 Å². The average Bonchev–Trinajstić information content (AvgIpc) is 3.21. The van der Waals surface area contributed by atoms with Crippen molar-refractivity contribution in [3.05, 3.63) is 83.7 Å². The molecule has 1 amide bonds. The predicted molar refractivity (Wildman–Crippen MR) is 104 cm³/mol. The van der Waals surface area contributed by atoms with E-state index in [0.29, 0.717) is 12.2 Å². The van der Waals surface area contributed by atoms with Crippen LogP contribution in [0.2, 0.25) is 0 Å². The number of hydrogen-bond donors (Lipinski definition) is 2. The molecule has 4 aromatic rings. The van der Waals surface area contributed by atoms with Crippen LogP contribution in [-0.4, -0.2) is 26.5 Å². The predicted octanol–water partition coefficient (Wildman–Crippen LogP) is 3.63. The van der Waals surface area contributed by atoms with Gasteiger partial charge in [-0.05, 0) is 30.4 Å². The number of aromatic amines is 1. The molecule has 0 aliphatic heterocycles. The second-order valence-corrected chi connectivity index (χ2v) is 6.53. The first-order chi connectivity index (χ1) is 13.2. The highest BCUT2D eigenvalue weighted by Gasteiger charge is 2.26. The minimum atomic E-state index is -0.537. The lowest BCUT2D eigenvalue weighted by Gasteiger charge is -2.15. The van der Waals surface area contributed by atoms with Crippen molar-refractivity contribution >= 4 is 22.4 Å². The monoisotopic (exact) mass is 357 g/mol. The Kier molecular flexibility index (Phi) is 4.61. The van der Waals surface area contributed by atoms with Crippen molar-refractivity contribution in [2.75, 3.05) is 5.32 Å². The number of nitrogens with zero attached hydrogens (tertiary/aromatic N) is 3. The summed E-state index contributed by atoms with van der Waals surface area (Å²) in [5.41, 5.74) is 2.97. The van der Waals surface area contributed by atoms with Gasteiger partial charge >= 0.3 is 0 Å². The first kappa shape index (κ1) is 16.9. The Labute approximate surface area is 156 Å². The summed E-state index contributed by atoms with van der Waals surface area (Å²) < 4.78 is 0. The Morgan fingerprint density at radius 1 is 1.07 bits per heavy atom. The molecule has 1 aromatic heterocycles. The van der Waals surface area contributed by atoms with Gasteiger partial charge in [0.05, 0.1) is 0 Å². The number of rotatable bonds is 5. The molecule has 4 rings (SSSR count). The molecule has 1 heterocycles. The second kappa shape index (κ2) is 7.37. The minimum Gasteiger partial charge on any atom is -0.325 e. The Morgan fingerprint density at radius 3 is 2.70 bits per heavy atom. The van der Waals surface area contributed by atoms with Crippen LogP contribution in [0.5, 0.6) is 0 Å². The number of fused-ring (bicyclic) bond motifs is 1. The number of H-pyrrole nitrogens is 1. The number of amides is 1. The number of carbonyl (C=O) groups is 1. The largest absolute Gasteiger partial charge is 0.325 e. The maximum Gasteiger partial charge on any atom is 0.235 e. The van der Waals surface area contributed by atoms with E-state index in [0.717, 1.165) is 27.6 Å². The molecule has 6 nitrogen and oxygen atoms in total. The van der Waals surface area contributed by atoms with Crippen LogP contribution in [-0.2, 0) is 11.2 Å². The Balaban J connectivity index is 1.64. The lowest BCUT2D eigenvalue weighted by molar-refractivity contribution is -0.117. The van der Waals surface area contributed by atoms with E-state index < -0.39 is 5.92 Å². The maximum atomic E-state index is 13.1. The summed E-state index contributed by atoms with van der Waals surface area (Å²) in [4.78, 5) is 13.1. The number of aryl methyl sites for hydroxylation is 1. The lowest BCUT2D eigenvalue weighted by Crippen LogP contribution is -2.24. The van der Waals surface area contributed by atoms with E-state index in [4.69, 9.17) is 0 Å². The summed E-state index contributed by atoms with van der Waals surface area (Å²) in [7, 11) is 0. The highest BCUT2D eigenvalue weighted by Crippen LogP contribution is 2.26. The van der Waals surface area contributed by atoms with Crippen LogP contribution >= 0.6 is 0 Å². The molecule has 3 aromatic carbocycles. The summed E-state index contributed by atoms with van der Waals surface area (Å²) in [6, 6.07) is 21.9.